The fourth-order valence-corrected chi connectivity index (χ4v) is 3.79. The van der Waals surface area contributed by atoms with Crippen LogP contribution in [0.2, 0.25) is 0 Å². The highest BCUT2D eigenvalue weighted by molar-refractivity contribution is 5.80. The predicted octanol–water partition coefficient (Wildman–Crippen LogP) is 3.49. The number of carbonyl (C=O) groups is 2. The number of carbonyl (C=O) groups excluding carboxylic acids is 1. The third kappa shape index (κ3) is 4.49. The molecule has 22 heavy (non-hydrogen) atoms. The molecule has 0 radical (unpaired) electrons. The molecule has 2 N–H and O–H groups in total. The fourth-order valence-electron chi connectivity index (χ4n) is 3.79. The standard InChI is InChI=1S/C17H27NO4/c1-2-7-12-10-6-11-14(12)22-17(21)18-15(16(19)20)13-8-4-3-5-9-13/h2,12-15H,1,3-11H2,(H,18,21)(H,19,20)/t12-,14-,15+/m1/s1. The van der Waals surface area contributed by atoms with Gasteiger partial charge in [-0.05, 0) is 50.4 Å². The van der Waals surface area contributed by atoms with E-state index in [4.69, 9.17) is 4.74 Å². The summed E-state index contributed by atoms with van der Waals surface area (Å²) in [7, 11) is 0. The quantitative estimate of drug-likeness (QED) is 0.736. The summed E-state index contributed by atoms with van der Waals surface area (Å²) in [6.45, 7) is 3.74. The van der Waals surface area contributed by atoms with Crippen LogP contribution in [0.3, 0.4) is 0 Å². The molecule has 0 saturated heterocycles. The Hall–Kier alpha value is -1.52. The summed E-state index contributed by atoms with van der Waals surface area (Å²) in [6, 6.07) is -0.827. The molecule has 2 saturated carbocycles. The minimum Gasteiger partial charge on any atom is -0.480 e. The first-order valence-corrected chi connectivity index (χ1v) is 8.42. The van der Waals surface area contributed by atoms with Gasteiger partial charge in [0.25, 0.3) is 0 Å². The van der Waals surface area contributed by atoms with Crippen molar-refractivity contribution in [1.82, 2.24) is 5.32 Å². The number of carboxylic acids is 1. The summed E-state index contributed by atoms with van der Waals surface area (Å²) in [5, 5.41) is 12.0. The van der Waals surface area contributed by atoms with Gasteiger partial charge in [0.2, 0.25) is 0 Å². The molecule has 0 bridgehead atoms. The molecule has 2 aliphatic rings. The molecule has 0 aromatic rings. The monoisotopic (exact) mass is 309 g/mol. The van der Waals surface area contributed by atoms with E-state index < -0.39 is 18.1 Å². The average Bonchev–Trinajstić information content (AvgIpc) is 2.93. The molecule has 0 spiro atoms. The van der Waals surface area contributed by atoms with Gasteiger partial charge in [-0.1, -0.05) is 25.3 Å². The lowest BCUT2D eigenvalue weighted by atomic mass is 9.84. The first-order chi connectivity index (χ1) is 10.6. The van der Waals surface area contributed by atoms with Crippen LogP contribution < -0.4 is 5.32 Å². The van der Waals surface area contributed by atoms with Gasteiger partial charge in [0.05, 0.1) is 0 Å². The van der Waals surface area contributed by atoms with Crippen LogP contribution in [-0.4, -0.2) is 29.3 Å². The second-order valence-electron chi connectivity index (χ2n) is 6.52. The molecule has 5 heteroatoms. The number of nitrogens with one attached hydrogen (secondary N) is 1. The van der Waals surface area contributed by atoms with Gasteiger partial charge in [-0.25, -0.2) is 9.59 Å². The molecular weight excluding hydrogens is 282 g/mol. The summed E-state index contributed by atoms with van der Waals surface area (Å²) in [6.07, 6.45) is 9.87. The predicted molar refractivity (Wildman–Crippen MR) is 83.6 cm³/mol. The summed E-state index contributed by atoms with van der Waals surface area (Å²) in [5.74, 6) is -0.620. The van der Waals surface area contributed by atoms with E-state index in [1.807, 2.05) is 6.08 Å². The number of alkyl carbamates (subject to hydrolysis) is 1. The van der Waals surface area contributed by atoms with Gasteiger partial charge in [-0.15, -0.1) is 6.58 Å². The van der Waals surface area contributed by atoms with E-state index in [2.05, 4.69) is 11.9 Å². The molecule has 0 heterocycles. The van der Waals surface area contributed by atoms with Crippen LogP contribution in [-0.2, 0) is 9.53 Å². The summed E-state index contributed by atoms with van der Waals surface area (Å²) >= 11 is 0. The molecule has 5 nitrogen and oxygen atoms in total. The van der Waals surface area contributed by atoms with Crippen molar-refractivity contribution in [3.8, 4) is 0 Å². The number of carboxylic acid groups (broad SMARTS) is 1. The van der Waals surface area contributed by atoms with Crippen LogP contribution >= 0.6 is 0 Å². The van der Waals surface area contributed by atoms with Crippen LogP contribution in [0.1, 0.15) is 57.8 Å². The lowest BCUT2D eigenvalue weighted by Crippen LogP contribution is -2.47. The molecule has 0 aromatic carbocycles. The molecule has 0 unspecified atom stereocenters. The number of rotatable bonds is 6. The van der Waals surface area contributed by atoms with Crippen LogP contribution in [0.5, 0.6) is 0 Å². The fraction of sp³-hybridized carbons (Fsp3) is 0.765. The Morgan fingerprint density at radius 1 is 1.18 bits per heavy atom. The van der Waals surface area contributed by atoms with Crippen molar-refractivity contribution in [2.45, 2.75) is 69.9 Å². The van der Waals surface area contributed by atoms with Crippen LogP contribution in [0, 0.1) is 11.8 Å². The Morgan fingerprint density at radius 3 is 2.55 bits per heavy atom. The number of aliphatic carboxylic acids is 1. The van der Waals surface area contributed by atoms with Crippen molar-refractivity contribution in [2.24, 2.45) is 11.8 Å². The van der Waals surface area contributed by atoms with Gasteiger partial charge in [-0.3, -0.25) is 0 Å². The molecule has 3 atom stereocenters. The van der Waals surface area contributed by atoms with Crippen molar-refractivity contribution < 1.29 is 19.4 Å². The molecule has 2 rings (SSSR count). The van der Waals surface area contributed by atoms with Crippen molar-refractivity contribution in [3.05, 3.63) is 12.7 Å². The molecule has 0 aliphatic heterocycles. The molecule has 124 valence electrons. The Kier molecular flexibility index (Phi) is 6.28. The van der Waals surface area contributed by atoms with Gasteiger partial charge in [0, 0.05) is 0 Å². The first kappa shape index (κ1) is 16.8. The number of hydrogen-bond donors (Lipinski definition) is 2. The van der Waals surface area contributed by atoms with Crippen molar-refractivity contribution in [1.29, 1.82) is 0 Å². The lowest BCUT2D eigenvalue weighted by molar-refractivity contribution is -0.141. The minimum atomic E-state index is -0.960. The van der Waals surface area contributed by atoms with Gasteiger partial charge in [0.1, 0.15) is 12.1 Å². The summed E-state index contributed by atoms with van der Waals surface area (Å²) in [4.78, 5) is 23.5. The zero-order chi connectivity index (χ0) is 15.9. The van der Waals surface area contributed by atoms with E-state index in [9.17, 15) is 14.7 Å². The number of hydrogen-bond acceptors (Lipinski definition) is 3. The van der Waals surface area contributed by atoms with Gasteiger partial charge in [0.15, 0.2) is 0 Å². The zero-order valence-corrected chi connectivity index (χ0v) is 13.1. The lowest BCUT2D eigenvalue weighted by Gasteiger charge is -2.28. The van der Waals surface area contributed by atoms with Crippen molar-refractivity contribution >= 4 is 12.1 Å². The topological polar surface area (TPSA) is 75.6 Å². The zero-order valence-electron chi connectivity index (χ0n) is 13.1. The normalized spacial score (nSPS) is 27.1. The van der Waals surface area contributed by atoms with Crippen LogP contribution in [0.4, 0.5) is 4.79 Å². The molecule has 0 aromatic heterocycles. The highest BCUT2D eigenvalue weighted by atomic mass is 16.6. The number of allylic oxidation sites excluding steroid dienone is 1. The highest BCUT2D eigenvalue weighted by Gasteiger charge is 2.34. The summed E-state index contributed by atoms with van der Waals surface area (Å²) in [5.41, 5.74) is 0. The second kappa shape index (κ2) is 8.20. The number of amides is 1. The third-order valence-electron chi connectivity index (χ3n) is 4.98. The Balaban J connectivity index is 1.87. The van der Waals surface area contributed by atoms with Gasteiger partial charge < -0.3 is 15.2 Å². The Labute approximate surface area is 132 Å². The summed E-state index contributed by atoms with van der Waals surface area (Å²) < 4.78 is 5.49. The maximum atomic E-state index is 12.1. The molecule has 2 aliphatic carbocycles. The SMILES string of the molecule is C=CC[C@@H]1CCC[C@H]1OC(=O)N[C@H](C(=O)O)C1CCCCC1. The van der Waals surface area contributed by atoms with E-state index >= 15 is 0 Å². The highest BCUT2D eigenvalue weighted by Crippen LogP contribution is 2.31. The molecular formula is C17H27NO4. The van der Waals surface area contributed by atoms with Crippen molar-refractivity contribution in [3.63, 3.8) is 0 Å². The molecule has 1 amide bonds. The van der Waals surface area contributed by atoms with E-state index in [1.54, 1.807) is 0 Å². The largest absolute Gasteiger partial charge is 0.480 e. The Bertz CT molecular complexity index is 403. The van der Waals surface area contributed by atoms with Crippen molar-refractivity contribution in [2.75, 3.05) is 0 Å². The number of ether oxygens (including phenoxy) is 1. The minimum absolute atomic E-state index is 0.0198. The smallest absolute Gasteiger partial charge is 0.408 e. The second-order valence-corrected chi connectivity index (χ2v) is 6.52. The van der Waals surface area contributed by atoms with Crippen LogP contribution in [0.25, 0.3) is 0 Å². The average molecular weight is 309 g/mol. The van der Waals surface area contributed by atoms with Crippen LogP contribution in [0.15, 0.2) is 12.7 Å². The van der Waals surface area contributed by atoms with Gasteiger partial charge in [-0.2, -0.15) is 0 Å². The maximum absolute atomic E-state index is 12.1. The van der Waals surface area contributed by atoms with E-state index in [0.29, 0.717) is 5.92 Å². The molecule has 2 fully saturated rings. The Morgan fingerprint density at radius 2 is 1.91 bits per heavy atom. The van der Waals surface area contributed by atoms with Gasteiger partial charge >= 0.3 is 12.1 Å². The maximum Gasteiger partial charge on any atom is 0.408 e. The van der Waals surface area contributed by atoms with E-state index in [0.717, 1.165) is 57.8 Å². The third-order valence-corrected chi connectivity index (χ3v) is 4.98. The van der Waals surface area contributed by atoms with E-state index in [-0.39, 0.29) is 12.0 Å². The van der Waals surface area contributed by atoms with E-state index in [1.165, 1.54) is 0 Å². The first-order valence-electron chi connectivity index (χ1n) is 8.42.